The SMILES string of the molecule is C=CS(O)(O)CCOC(=O)NCCOCCOCCNC(=O)C(CC(C)C(=O)NCCOCCOCCNCC(=O)N1CCN(CC(=O)O)CCN(CC(=O)O)CCN(CC(=O)O)CC1)CC(CC(CC(CC(C)C(=O)O)c1ccc2c(c1)CCc1ccc(C(CC(C)C(=O)O)CC(C)C(=O)O)cc1CC2)C(=O)O)C(=O)NCCOCCOCCNC(=O)OCCS(O)(O)C=C. The van der Waals surface area contributed by atoms with Gasteiger partial charge in [-0.3, -0.25) is 85.7 Å². The first-order valence-electron chi connectivity index (χ1n) is 44.1. The number of aliphatic carboxylic acids is 7. The summed E-state index contributed by atoms with van der Waals surface area (Å²) < 4.78 is 82.8. The number of nitrogens with one attached hydrogen (secondary N) is 6. The Kier molecular flexibility index (Phi) is 54.9. The second-order valence-corrected chi connectivity index (χ2v) is 36.9. The van der Waals surface area contributed by atoms with Crippen LogP contribution in [0.2, 0.25) is 0 Å². The average molecular weight is 1900 g/mol. The Morgan fingerprint density at radius 2 is 0.687 bits per heavy atom. The minimum atomic E-state index is -3.09. The summed E-state index contributed by atoms with van der Waals surface area (Å²) in [5.74, 6) is -18.4. The molecule has 1 heterocycles. The number of hydrogen-bond donors (Lipinski definition) is 17. The maximum atomic E-state index is 14.9. The van der Waals surface area contributed by atoms with Crippen molar-refractivity contribution in [3.63, 3.8) is 0 Å². The van der Waals surface area contributed by atoms with Crippen LogP contribution in [0, 0.1) is 41.4 Å². The van der Waals surface area contributed by atoms with Crippen molar-refractivity contribution in [2.75, 3.05) is 222 Å². The molecule has 1 fully saturated rings. The first-order chi connectivity index (χ1) is 62.3. The lowest BCUT2D eigenvalue weighted by molar-refractivity contribution is -0.144. The van der Waals surface area contributed by atoms with E-state index in [4.69, 9.17) is 37.9 Å². The summed E-state index contributed by atoms with van der Waals surface area (Å²) >= 11 is 0. The van der Waals surface area contributed by atoms with E-state index < -0.39 is 140 Å². The van der Waals surface area contributed by atoms with Crippen molar-refractivity contribution >= 4 is 98.8 Å². The lowest BCUT2D eigenvalue weighted by Crippen LogP contribution is -2.50. The van der Waals surface area contributed by atoms with Crippen molar-refractivity contribution in [2.24, 2.45) is 41.4 Å². The first-order valence-corrected chi connectivity index (χ1v) is 47.7. The Morgan fingerprint density at radius 3 is 1.04 bits per heavy atom. The van der Waals surface area contributed by atoms with Crippen LogP contribution < -0.4 is 31.9 Å². The second-order valence-electron chi connectivity index (χ2n) is 32.6. The Hall–Kier alpha value is -9.23. The zero-order valence-corrected chi connectivity index (χ0v) is 77.3. The van der Waals surface area contributed by atoms with Crippen LogP contribution in [0.4, 0.5) is 9.59 Å². The molecule has 0 saturated carbocycles. The number of amides is 6. The van der Waals surface area contributed by atoms with E-state index in [1.807, 2.05) is 30.3 Å². The molecule has 2 aliphatic rings. The van der Waals surface area contributed by atoms with Crippen LogP contribution in [-0.4, -0.2) is 373 Å². The molecule has 0 bridgehead atoms. The molecule has 0 radical (unpaired) electrons. The summed E-state index contributed by atoms with van der Waals surface area (Å²) in [7, 11) is -6.17. The highest BCUT2D eigenvalue weighted by atomic mass is 32.3. The molecule has 0 aromatic heterocycles. The summed E-state index contributed by atoms with van der Waals surface area (Å²) in [6, 6.07) is 11.8. The molecule has 8 unspecified atom stereocenters. The Morgan fingerprint density at radius 1 is 0.366 bits per heavy atom. The number of aryl methyl sites for hydroxylation is 4. The molecule has 1 aliphatic carbocycles. The summed E-state index contributed by atoms with van der Waals surface area (Å²) in [6.07, 6.45) is 0.122. The lowest BCUT2D eigenvalue weighted by Gasteiger charge is -2.33. The van der Waals surface area contributed by atoms with Gasteiger partial charge in [-0.25, -0.2) is 9.59 Å². The molecule has 17 N–H and O–H groups in total. The highest BCUT2D eigenvalue weighted by molar-refractivity contribution is 8.27. The monoisotopic (exact) mass is 1900 g/mol. The average Bonchev–Trinajstić information content (AvgIpc) is 0.802. The maximum absolute atomic E-state index is 14.9. The third-order valence-electron chi connectivity index (χ3n) is 22.3. The third kappa shape index (κ3) is 48.8. The van der Waals surface area contributed by atoms with Gasteiger partial charge < -0.3 is 110 Å². The standard InChI is InChI=1S/C87H140N10O32S2/c1-7-130(118,119)45-43-128-86(116)92-21-35-126-41-39-124-33-19-90-80(106)72(47-60(3)79(105)89-18-32-123-38-37-122-31-17-88-56-75(98)97-29-27-95(58-77(101)102)25-23-94(57-76(99)100)24-26-96(28-30-97)59-78(103)104)54-73(81(107)91-20-34-125-40-42-127-36-22-93-87(117)129-44-46-131(120,121)8-2)55-74(85(114)115)53-71(50-63(6)84(112)113)69-16-12-65-9-13-66-51-68(15-11-64(66)10-14-67(65)52-69)70(48-61(4)82(108)109)49-62(5)83(110)111/h7-8,11-12,15-16,51-52,60-63,70-74,88,118-121H,1-2,9-10,13-14,17-50,53-59H2,3-6H3,(H,89,105)(H,90,106)(H,91,107)(H,92,116)(H,93,117)(H,99,100)(H,101,102)(H,103,104)(H,108,109)(H,110,111)(H,112,113)(H,114,115). The van der Waals surface area contributed by atoms with E-state index in [0.29, 0.717) is 31.2 Å². The number of ether oxygens (including phenoxy) is 8. The molecule has 1 aliphatic heterocycles. The van der Waals surface area contributed by atoms with Gasteiger partial charge in [0.15, 0.2) is 0 Å². The van der Waals surface area contributed by atoms with Gasteiger partial charge in [0.25, 0.3) is 0 Å². The second kappa shape index (κ2) is 63.0. The van der Waals surface area contributed by atoms with E-state index in [-0.39, 0.29) is 279 Å². The van der Waals surface area contributed by atoms with Gasteiger partial charge in [0.2, 0.25) is 23.6 Å². The van der Waals surface area contributed by atoms with E-state index in [1.54, 1.807) is 35.5 Å². The van der Waals surface area contributed by atoms with Crippen LogP contribution in [-0.2, 0) is 116 Å². The number of hydrogen-bond acceptors (Lipinski definition) is 29. The molecule has 0 spiro atoms. The third-order valence-corrected chi connectivity index (χ3v) is 24.9. The van der Waals surface area contributed by atoms with E-state index in [0.717, 1.165) is 38.6 Å². The fourth-order valence-electron chi connectivity index (χ4n) is 14.8. The van der Waals surface area contributed by atoms with Crippen molar-refractivity contribution in [1.82, 2.24) is 51.5 Å². The maximum Gasteiger partial charge on any atom is 0.407 e. The minimum absolute atomic E-state index is 0.00623. The van der Waals surface area contributed by atoms with E-state index >= 15 is 0 Å². The Bertz CT molecular complexity index is 3870. The quantitative estimate of drug-likeness (QED) is 0.0406. The number of benzene rings is 2. The smallest absolute Gasteiger partial charge is 0.407 e. The van der Waals surface area contributed by atoms with Crippen LogP contribution in [0.25, 0.3) is 0 Å². The molecule has 44 heteroatoms. The van der Waals surface area contributed by atoms with Crippen molar-refractivity contribution in [3.05, 3.63) is 93.8 Å². The van der Waals surface area contributed by atoms with Gasteiger partial charge in [0.05, 0.1) is 141 Å². The van der Waals surface area contributed by atoms with Crippen molar-refractivity contribution < 1.29 is 154 Å². The van der Waals surface area contributed by atoms with Gasteiger partial charge in [-0.15, -0.1) is 0 Å². The molecular weight excluding hydrogens is 1760 g/mol. The summed E-state index contributed by atoms with van der Waals surface area (Å²) in [5, 5.41) is 88.5. The fourth-order valence-corrected chi connectivity index (χ4v) is 15.8. The van der Waals surface area contributed by atoms with Crippen LogP contribution >= 0.6 is 21.2 Å². The lowest BCUT2D eigenvalue weighted by atomic mass is 9.76. The molecule has 742 valence electrons. The van der Waals surface area contributed by atoms with Gasteiger partial charge in [0.1, 0.15) is 13.2 Å². The number of carboxylic acids is 7. The Balaban J connectivity index is 1.54. The van der Waals surface area contributed by atoms with Gasteiger partial charge in [-0.1, -0.05) is 77.3 Å². The highest BCUT2D eigenvalue weighted by Crippen LogP contribution is 2.41. The van der Waals surface area contributed by atoms with Gasteiger partial charge in [0, 0.05) is 120 Å². The number of fused-ring (bicyclic) bond motifs is 2. The largest absolute Gasteiger partial charge is 0.481 e. The molecule has 42 nitrogen and oxygen atoms in total. The summed E-state index contributed by atoms with van der Waals surface area (Å²) in [6.45, 7) is 13.2. The molecule has 4 rings (SSSR count). The van der Waals surface area contributed by atoms with Crippen LogP contribution in [0.15, 0.2) is 60.4 Å². The topological polar surface area (TPSA) is 603 Å². The molecular formula is C87H140N10O32S2. The normalized spacial score (nSPS) is 16.1. The number of alkyl carbamates (subject to hydrolysis) is 2. The molecule has 131 heavy (non-hydrogen) atoms. The number of rotatable bonds is 66. The van der Waals surface area contributed by atoms with Gasteiger partial charge in [-0.2, -0.15) is 21.2 Å². The van der Waals surface area contributed by atoms with Crippen molar-refractivity contribution in [3.8, 4) is 0 Å². The highest BCUT2D eigenvalue weighted by Gasteiger charge is 2.37. The molecule has 8 atom stereocenters. The van der Waals surface area contributed by atoms with E-state index in [9.17, 15) is 116 Å². The van der Waals surface area contributed by atoms with Crippen LogP contribution in [0.5, 0.6) is 0 Å². The molecule has 2 aromatic rings. The van der Waals surface area contributed by atoms with Crippen molar-refractivity contribution in [2.45, 2.75) is 110 Å². The van der Waals surface area contributed by atoms with Gasteiger partial charge >= 0.3 is 54.0 Å². The first kappa shape index (κ1) is 114. The summed E-state index contributed by atoms with van der Waals surface area (Å²) in [4.78, 5) is 174. The van der Waals surface area contributed by atoms with E-state index in [2.05, 4.69) is 51.1 Å². The number of carbonyl (C=O) groups excluding carboxylic acids is 6. The van der Waals surface area contributed by atoms with Gasteiger partial charge in [-0.05, 0) is 116 Å². The number of nitrogens with zero attached hydrogens (tertiary/aromatic N) is 4. The zero-order valence-electron chi connectivity index (χ0n) is 75.6. The van der Waals surface area contributed by atoms with Crippen molar-refractivity contribution in [1.29, 1.82) is 0 Å². The molecule has 2 aromatic carbocycles. The van der Waals surface area contributed by atoms with E-state index in [1.165, 1.54) is 11.8 Å². The molecule has 6 amide bonds. The molecule has 1 saturated heterocycles. The van der Waals surface area contributed by atoms with Crippen LogP contribution in [0.1, 0.15) is 118 Å². The zero-order chi connectivity index (χ0) is 96.9. The van der Waals surface area contributed by atoms with Crippen LogP contribution in [0.3, 0.4) is 0 Å². The fraction of sp³-hybridized carbons (Fsp3) is 0.667. The number of carboxylic acid groups (broad SMARTS) is 7. The predicted molar refractivity (Wildman–Crippen MR) is 483 cm³/mol. The number of carbonyl (C=O) groups is 13. The predicted octanol–water partition coefficient (Wildman–Crippen LogP) is 4.48. The Labute approximate surface area is 768 Å². The minimum Gasteiger partial charge on any atom is -0.481 e. The summed E-state index contributed by atoms with van der Waals surface area (Å²) in [5.41, 5.74) is 5.55.